The highest BCUT2D eigenvalue weighted by Crippen LogP contribution is 2.27. The lowest BCUT2D eigenvalue weighted by atomic mass is 10.2. The van der Waals surface area contributed by atoms with Gasteiger partial charge in [-0.25, -0.2) is 0 Å². The second-order valence-corrected chi connectivity index (χ2v) is 7.72. The minimum Gasteiger partial charge on any atom is -0.485 e. The average Bonchev–Trinajstić information content (AvgIpc) is 3.27. The molecule has 0 aliphatic carbocycles. The molecule has 0 spiro atoms. The lowest BCUT2D eigenvalue weighted by Crippen LogP contribution is -2.30. The van der Waals surface area contributed by atoms with Crippen molar-refractivity contribution in [3.05, 3.63) is 88.0 Å². The van der Waals surface area contributed by atoms with Crippen LogP contribution in [0.4, 0.5) is 5.69 Å². The first-order valence-corrected chi connectivity index (χ1v) is 10.1. The molecular weight excluding hydrogens is 420 g/mol. The van der Waals surface area contributed by atoms with E-state index in [1.807, 2.05) is 62.4 Å². The van der Waals surface area contributed by atoms with E-state index in [2.05, 4.69) is 5.32 Å². The summed E-state index contributed by atoms with van der Waals surface area (Å²) in [7, 11) is 0. The molecule has 2 aromatic carbocycles. The van der Waals surface area contributed by atoms with Gasteiger partial charge in [0.1, 0.15) is 29.6 Å². The van der Waals surface area contributed by atoms with Crippen LogP contribution in [0.2, 0.25) is 5.02 Å². The van der Waals surface area contributed by atoms with Crippen LogP contribution in [0.3, 0.4) is 0 Å². The van der Waals surface area contributed by atoms with Crippen molar-refractivity contribution in [1.29, 1.82) is 0 Å². The Morgan fingerprint density at radius 3 is 2.77 bits per heavy atom. The van der Waals surface area contributed by atoms with E-state index < -0.39 is 0 Å². The maximum atomic E-state index is 12.8. The van der Waals surface area contributed by atoms with Crippen LogP contribution in [0.1, 0.15) is 22.6 Å². The number of hydrogen-bond donors (Lipinski definition) is 1. The number of hydrogen-bond acceptors (Lipinski definition) is 4. The number of furan rings is 1. The van der Waals surface area contributed by atoms with Crippen LogP contribution in [-0.2, 0) is 11.4 Å². The highest BCUT2D eigenvalue weighted by molar-refractivity contribution is 7.80. The number of thiocarbonyl (C=S) groups is 1. The largest absolute Gasteiger partial charge is 0.485 e. The van der Waals surface area contributed by atoms with Gasteiger partial charge >= 0.3 is 0 Å². The summed E-state index contributed by atoms with van der Waals surface area (Å²) >= 11 is 11.5. The van der Waals surface area contributed by atoms with E-state index in [-0.39, 0.29) is 12.5 Å². The third-order valence-electron chi connectivity index (χ3n) is 4.70. The molecule has 0 radical (unpaired) electrons. The van der Waals surface area contributed by atoms with Crippen molar-refractivity contribution in [2.75, 3.05) is 4.90 Å². The smallest absolute Gasteiger partial charge is 0.281 e. The van der Waals surface area contributed by atoms with Gasteiger partial charge in [-0.1, -0.05) is 29.8 Å². The predicted molar refractivity (Wildman–Crippen MR) is 122 cm³/mol. The van der Waals surface area contributed by atoms with E-state index in [4.69, 9.17) is 33.0 Å². The molecule has 3 aromatic rings. The summed E-state index contributed by atoms with van der Waals surface area (Å²) in [5, 5.41) is 3.95. The zero-order valence-electron chi connectivity index (χ0n) is 16.4. The molecule has 0 unspecified atom stereocenters. The van der Waals surface area contributed by atoms with Crippen molar-refractivity contribution in [2.24, 2.45) is 0 Å². The van der Waals surface area contributed by atoms with Crippen molar-refractivity contribution >= 4 is 46.6 Å². The summed E-state index contributed by atoms with van der Waals surface area (Å²) in [5.74, 6) is 1.63. The van der Waals surface area contributed by atoms with Gasteiger partial charge in [0.15, 0.2) is 5.11 Å². The fraction of sp³-hybridized carbons (Fsp3) is 0.130. The Morgan fingerprint density at radius 1 is 1.17 bits per heavy atom. The van der Waals surface area contributed by atoms with Gasteiger partial charge in [0.2, 0.25) is 0 Å². The maximum Gasteiger partial charge on any atom is 0.281 e. The SMILES string of the molecule is Cc1cccc(N2C(=O)/C(=C\c3ccc(COc4cccc(Cl)c4C)o3)NC2=S)c1. The minimum atomic E-state index is -0.227. The van der Waals surface area contributed by atoms with Crippen molar-refractivity contribution in [3.63, 3.8) is 0 Å². The van der Waals surface area contributed by atoms with Crippen LogP contribution in [0.5, 0.6) is 5.75 Å². The number of rotatable bonds is 5. The Labute approximate surface area is 184 Å². The molecule has 1 N–H and O–H groups in total. The molecule has 1 amide bonds. The summed E-state index contributed by atoms with van der Waals surface area (Å²) in [6, 6.07) is 16.7. The van der Waals surface area contributed by atoms with E-state index in [1.165, 1.54) is 4.90 Å². The molecule has 1 saturated heterocycles. The normalized spacial score (nSPS) is 15.0. The molecule has 152 valence electrons. The van der Waals surface area contributed by atoms with Gasteiger partial charge in [-0.3, -0.25) is 9.69 Å². The third-order valence-corrected chi connectivity index (χ3v) is 5.39. The number of nitrogens with zero attached hydrogens (tertiary/aromatic N) is 1. The Hall–Kier alpha value is -3.09. The number of ether oxygens (including phenoxy) is 1. The lowest BCUT2D eigenvalue weighted by Gasteiger charge is -2.14. The number of carbonyl (C=O) groups excluding carboxylic acids is 1. The number of anilines is 1. The number of halogens is 1. The summed E-state index contributed by atoms with van der Waals surface area (Å²) in [4.78, 5) is 14.3. The number of amides is 1. The molecule has 1 aliphatic rings. The van der Waals surface area contributed by atoms with Gasteiger partial charge in [-0.2, -0.15) is 0 Å². The zero-order valence-corrected chi connectivity index (χ0v) is 18.0. The van der Waals surface area contributed by atoms with Gasteiger partial charge in [0, 0.05) is 16.7 Å². The van der Waals surface area contributed by atoms with Crippen LogP contribution in [0.25, 0.3) is 6.08 Å². The average molecular weight is 439 g/mol. The molecule has 0 bridgehead atoms. The summed E-state index contributed by atoms with van der Waals surface area (Å²) in [6.07, 6.45) is 1.64. The van der Waals surface area contributed by atoms with Crippen LogP contribution >= 0.6 is 23.8 Å². The highest BCUT2D eigenvalue weighted by Gasteiger charge is 2.32. The number of nitrogens with one attached hydrogen (secondary N) is 1. The van der Waals surface area contributed by atoms with Crippen molar-refractivity contribution < 1.29 is 13.9 Å². The Balaban J connectivity index is 1.48. The molecular formula is C23H19ClN2O3S. The van der Waals surface area contributed by atoms with E-state index in [0.29, 0.717) is 33.1 Å². The monoisotopic (exact) mass is 438 g/mol. The second-order valence-electron chi connectivity index (χ2n) is 6.92. The second kappa shape index (κ2) is 8.34. The minimum absolute atomic E-state index is 0.227. The molecule has 2 heterocycles. The third kappa shape index (κ3) is 4.10. The van der Waals surface area contributed by atoms with Crippen LogP contribution in [0, 0.1) is 13.8 Å². The van der Waals surface area contributed by atoms with Crippen LogP contribution in [-0.4, -0.2) is 11.0 Å². The zero-order chi connectivity index (χ0) is 21.3. The van der Waals surface area contributed by atoms with Crippen molar-refractivity contribution in [2.45, 2.75) is 20.5 Å². The first kappa shape index (κ1) is 20.2. The maximum absolute atomic E-state index is 12.8. The fourth-order valence-corrected chi connectivity index (χ4v) is 3.59. The van der Waals surface area contributed by atoms with Crippen LogP contribution < -0.4 is 15.0 Å². The van der Waals surface area contributed by atoms with Gasteiger partial charge in [-0.15, -0.1) is 0 Å². The number of benzene rings is 2. The molecule has 1 aromatic heterocycles. The van der Waals surface area contributed by atoms with Crippen molar-refractivity contribution in [1.82, 2.24) is 5.32 Å². The van der Waals surface area contributed by atoms with Gasteiger partial charge in [0.05, 0.1) is 5.69 Å². The summed E-state index contributed by atoms with van der Waals surface area (Å²) in [5.41, 5.74) is 3.00. The van der Waals surface area contributed by atoms with Gasteiger partial charge < -0.3 is 14.5 Å². The van der Waals surface area contributed by atoms with Gasteiger partial charge in [0.25, 0.3) is 5.91 Å². The van der Waals surface area contributed by atoms with Gasteiger partial charge in [-0.05, 0) is 68.0 Å². The molecule has 7 heteroatoms. The molecule has 0 saturated carbocycles. The Morgan fingerprint density at radius 2 is 1.97 bits per heavy atom. The van der Waals surface area contributed by atoms with E-state index in [0.717, 1.165) is 16.8 Å². The molecule has 1 aliphatic heterocycles. The highest BCUT2D eigenvalue weighted by atomic mass is 35.5. The summed E-state index contributed by atoms with van der Waals surface area (Å²) in [6.45, 7) is 4.12. The molecule has 1 fully saturated rings. The Bertz CT molecular complexity index is 1170. The van der Waals surface area contributed by atoms with Crippen LogP contribution in [0.15, 0.2) is 64.7 Å². The lowest BCUT2D eigenvalue weighted by molar-refractivity contribution is -0.113. The first-order chi connectivity index (χ1) is 14.4. The molecule has 4 rings (SSSR count). The van der Waals surface area contributed by atoms with E-state index in [9.17, 15) is 4.79 Å². The topological polar surface area (TPSA) is 54.7 Å². The van der Waals surface area contributed by atoms with E-state index >= 15 is 0 Å². The van der Waals surface area contributed by atoms with E-state index in [1.54, 1.807) is 12.1 Å². The molecule has 0 atom stereocenters. The molecule has 30 heavy (non-hydrogen) atoms. The Kier molecular flexibility index (Phi) is 5.61. The number of carbonyl (C=O) groups is 1. The quantitative estimate of drug-likeness (QED) is 0.427. The first-order valence-electron chi connectivity index (χ1n) is 9.33. The molecule has 5 nitrogen and oxygen atoms in total. The van der Waals surface area contributed by atoms with Crippen molar-refractivity contribution in [3.8, 4) is 5.75 Å². The number of aryl methyl sites for hydroxylation is 1. The summed E-state index contributed by atoms with van der Waals surface area (Å²) < 4.78 is 11.6. The fourth-order valence-electron chi connectivity index (χ4n) is 3.12. The predicted octanol–water partition coefficient (Wildman–Crippen LogP) is 5.39. The standard InChI is InChI=1S/C23H19ClN2O3S/c1-14-5-3-6-16(11-14)26-22(27)20(25-23(26)30)12-17-9-10-18(29-17)13-28-21-8-4-7-19(24)15(21)2/h3-12H,13H2,1-2H3,(H,25,30)/b20-12+.